The van der Waals surface area contributed by atoms with Crippen molar-refractivity contribution < 1.29 is 9.84 Å². The quantitative estimate of drug-likeness (QED) is 0.818. The summed E-state index contributed by atoms with van der Waals surface area (Å²) in [6, 6.07) is 13.5. The van der Waals surface area contributed by atoms with Gasteiger partial charge in [-0.05, 0) is 48.4 Å². The summed E-state index contributed by atoms with van der Waals surface area (Å²) in [7, 11) is 0. The Bertz CT molecular complexity index is 570. The van der Waals surface area contributed by atoms with Crippen LogP contribution in [0.3, 0.4) is 0 Å². The maximum Gasteiger partial charge on any atom is 0.146 e. The van der Waals surface area contributed by atoms with E-state index >= 15 is 0 Å². The van der Waals surface area contributed by atoms with Crippen molar-refractivity contribution in [3.8, 4) is 11.5 Å². The molecule has 0 saturated heterocycles. The van der Waals surface area contributed by atoms with Crippen LogP contribution in [0.4, 0.5) is 0 Å². The SMILES string of the molecule is CCNCc1ccc(Oc2ccc(CCO)cc2)c(Cl)c1. The van der Waals surface area contributed by atoms with Crippen LogP contribution in [0.2, 0.25) is 5.02 Å². The van der Waals surface area contributed by atoms with Crippen molar-refractivity contribution in [2.75, 3.05) is 13.2 Å². The van der Waals surface area contributed by atoms with Crippen LogP contribution in [-0.4, -0.2) is 18.3 Å². The lowest BCUT2D eigenvalue weighted by atomic mass is 10.1. The molecular weight excluding hydrogens is 286 g/mol. The van der Waals surface area contributed by atoms with Gasteiger partial charge in [0.15, 0.2) is 0 Å². The van der Waals surface area contributed by atoms with Crippen LogP contribution in [0, 0.1) is 0 Å². The first-order valence-corrected chi connectivity index (χ1v) is 7.47. The number of hydrogen-bond acceptors (Lipinski definition) is 3. The number of nitrogens with one attached hydrogen (secondary N) is 1. The molecule has 0 bridgehead atoms. The van der Waals surface area contributed by atoms with Gasteiger partial charge in [-0.1, -0.05) is 36.7 Å². The third-order valence-electron chi connectivity index (χ3n) is 3.13. The van der Waals surface area contributed by atoms with Crippen molar-refractivity contribution in [3.63, 3.8) is 0 Å². The molecule has 0 amide bonds. The first kappa shape index (κ1) is 15.8. The Balaban J connectivity index is 2.05. The predicted octanol–water partition coefficient (Wildman–Crippen LogP) is 3.78. The molecule has 2 aromatic carbocycles. The Kier molecular flexibility index (Phi) is 6.05. The number of halogens is 1. The van der Waals surface area contributed by atoms with E-state index in [1.165, 1.54) is 0 Å². The second-order valence-electron chi connectivity index (χ2n) is 4.76. The van der Waals surface area contributed by atoms with Gasteiger partial charge >= 0.3 is 0 Å². The number of hydrogen-bond donors (Lipinski definition) is 2. The zero-order valence-corrected chi connectivity index (χ0v) is 12.9. The third-order valence-corrected chi connectivity index (χ3v) is 3.42. The number of aliphatic hydroxyl groups is 1. The third kappa shape index (κ3) is 4.74. The largest absolute Gasteiger partial charge is 0.456 e. The highest BCUT2D eigenvalue weighted by molar-refractivity contribution is 6.32. The molecule has 112 valence electrons. The fourth-order valence-corrected chi connectivity index (χ4v) is 2.23. The molecule has 0 atom stereocenters. The van der Waals surface area contributed by atoms with E-state index in [-0.39, 0.29) is 6.61 Å². The Morgan fingerprint density at radius 1 is 1.10 bits per heavy atom. The summed E-state index contributed by atoms with van der Waals surface area (Å²) >= 11 is 6.25. The average molecular weight is 306 g/mol. The highest BCUT2D eigenvalue weighted by Crippen LogP contribution is 2.30. The summed E-state index contributed by atoms with van der Waals surface area (Å²) in [4.78, 5) is 0. The van der Waals surface area contributed by atoms with Crippen molar-refractivity contribution in [1.29, 1.82) is 0 Å². The Labute approximate surface area is 130 Å². The molecule has 0 aliphatic rings. The smallest absolute Gasteiger partial charge is 0.146 e. The molecule has 0 radical (unpaired) electrons. The van der Waals surface area contributed by atoms with E-state index in [9.17, 15) is 0 Å². The lowest BCUT2D eigenvalue weighted by Gasteiger charge is -2.10. The Hall–Kier alpha value is -1.55. The van der Waals surface area contributed by atoms with E-state index < -0.39 is 0 Å². The highest BCUT2D eigenvalue weighted by atomic mass is 35.5. The van der Waals surface area contributed by atoms with Crippen LogP contribution in [0.15, 0.2) is 42.5 Å². The summed E-state index contributed by atoms with van der Waals surface area (Å²) in [5.74, 6) is 1.38. The van der Waals surface area contributed by atoms with Gasteiger partial charge in [0.05, 0.1) is 5.02 Å². The van der Waals surface area contributed by atoms with Gasteiger partial charge in [-0.3, -0.25) is 0 Å². The van der Waals surface area contributed by atoms with E-state index in [1.807, 2.05) is 42.5 Å². The number of ether oxygens (including phenoxy) is 1. The topological polar surface area (TPSA) is 41.5 Å². The van der Waals surface area contributed by atoms with E-state index in [4.69, 9.17) is 21.4 Å². The zero-order valence-electron chi connectivity index (χ0n) is 12.1. The van der Waals surface area contributed by atoms with Crippen molar-refractivity contribution in [1.82, 2.24) is 5.32 Å². The molecule has 0 saturated carbocycles. The molecule has 0 fully saturated rings. The lowest BCUT2D eigenvalue weighted by molar-refractivity contribution is 0.299. The first-order valence-electron chi connectivity index (χ1n) is 7.09. The molecular formula is C17H20ClNO2. The molecule has 0 spiro atoms. The Morgan fingerprint density at radius 2 is 1.81 bits per heavy atom. The minimum atomic E-state index is 0.152. The van der Waals surface area contributed by atoms with Gasteiger partial charge in [0.2, 0.25) is 0 Å². The van der Waals surface area contributed by atoms with Crippen molar-refractivity contribution in [2.24, 2.45) is 0 Å². The fraction of sp³-hybridized carbons (Fsp3) is 0.294. The maximum absolute atomic E-state index is 8.89. The highest BCUT2D eigenvalue weighted by Gasteiger charge is 2.05. The predicted molar refractivity (Wildman–Crippen MR) is 86.1 cm³/mol. The standard InChI is InChI=1S/C17H20ClNO2/c1-2-19-12-14-5-8-17(16(18)11-14)21-15-6-3-13(4-7-15)9-10-20/h3-8,11,19-20H,2,9-10,12H2,1H3. The minimum Gasteiger partial charge on any atom is -0.456 e. The summed E-state index contributed by atoms with van der Waals surface area (Å²) in [6.45, 7) is 3.95. The van der Waals surface area contributed by atoms with Crippen LogP contribution in [0.5, 0.6) is 11.5 Å². The first-order chi connectivity index (χ1) is 10.2. The van der Waals surface area contributed by atoms with Crippen LogP contribution >= 0.6 is 11.6 Å². The van der Waals surface area contributed by atoms with Crippen molar-refractivity contribution >= 4 is 11.6 Å². The van der Waals surface area contributed by atoms with E-state index in [0.29, 0.717) is 17.2 Å². The molecule has 2 N–H and O–H groups in total. The average Bonchev–Trinajstić information content (AvgIpc) is 2.50. The van der Waals surface area contributed by atoms with Gasteiger partial charge < -0.3 is 15.2 Å². The summed E-state index contributed by atoms with van der Waals surface area (Å²) in [5.41, 5.74) is 2.21. The van der Waals surface area contributed by atoms with Crippen molar-refractivity contribution in [2.45, 2.75) is 19.9 Å². The van der Waals surface area contributed by atoms with Gasteiger partial charge in [-0.2, -0.15) is 0 Å². The minimum absolute atomic E-state index is 0.152. The monoisotopic (exact) mass is 305 g/mol. The number of aliphatic hydroxyl groups excluding tert-OH is 1. The van der Waals surface area contributed by atoms with E-state index in [1.54, 1.807) is 0 Å². The van der Waals surface area contributed by atoms with Gasteiger partial charge in [-0.25, -0.2) is 0 Å². The molecule has 0 unspecified atom stereocenters. The second-order valence-corrected chi connectivity index (χ2v) is 5.17. The summed E-state index contributed by atoms with van der Waals surface area (Å²) in [6.07, 6.45) is 0.653. The normalized spacial score (nSPS) is 10.6. The molecule has 2 rings (SSSR count). The van der Waals surface area contributed by atoms with Crippen molar-refractivity contribution in [3.05, 3.63) is 58.6 Å². The zero-order chi connectivity index (χ0) is 15.1. The van der Waals surface area contributed by atoms with E-state index in [0.717, 1.165) is 30.0 Å². The molecule has 2 aromatic rings. The number of benzene rings is 2. The molecule has 3 nitrogen and oxygen atoms in total. The second kappa shape index (κ2) is 8.03. The molecule has 0 aromatic heterocycles. The molecule has 0 aliphatic carbocycles. The van der Waals surface area contributed by atoms with Gasteiger partial charge in [0.25, 0.3) is 0 Å². The number of rotatable bonds is 7. The van der Waals surface area contributed by atoms with Gasteiger partial charge in [-0.15, -0.1) is 0 Å². The van der Waals surface area contributed by atoms with Gasteiger partial charge in [0, 0.05) is 13.2 Å². The van der Waals surface area contributed by atoms with Crippen LogP contribution in [-0.2, 0) is 13.0 Å². The molecule has 21 heavy (non-hydrogen) atoms. The van der Waals surface area contributed by atoms with Crippen LogP contribution in [0.25, 0.3) is 0 Å². The van der Waals surface area contributed by atoms with Crippen LogP contribution in [0.1, 0.15) is 18.1 Å². The van der Waals surface area contributed by atoms with Crippen LogP contribution < -0.4 is 10.1 Å². The summed E-state index contributed by atoms with van der Waals surface area (Å²) in [5, 5.41) is 12.8. The molecule has 0 heterocycles. The maximum atomic E-state index is 8.89. The lowest BCUT2D eigenvalue weighted by Crippen LogP contribution is -2.11. The summed E-state index contributed by atoms with van der Waals surface area (Å²) < 4.78 is 5.79. The molecule has 4 heteroatoms. The Morgan fingerprint density at radius 3 is 2.43 bits per heavy atom. The van der Waals surface area contributed by atoms with E-state index in [2.05, 4.69) is 12.2 Å². The van der Waals surface area contributed by atoms with Gasteiger partial charge in [0.1, 0.15) is 11.5 Å². The molecule has 0 aliphatic heterocycles. The fourth-order valence-electron chi connectivity index (χ4n) is 1.99.